The summed E-state index contributed by atoms with van der Waals surface area (Å²) >= 11 is 3.56. The van der Waals surface area contributed by atoms with E-state index in [1.54, 1.807) is 0 Å². The van der Waals surface area contributed by atoms with Gasteiger partial charge < -0.3 is 10.1 Å². The van der Waals surface area contributed by atoms with Crippen molar-refractivity contribution < 1.29 is 4.74 Å². The number of para-hydroxylation sites is 1. The highest BCUT2D eigenvalue weighted by Gasteiger charge is 2.24. The Labute approximate surface area is 106 Å². The van der Waals surface area contributed by atoms with Crippen LogP contribution in [-0.2, 0) is 4.74 Å². The van der Waals surface area contributed by atoms with Crippen LogP contribution in [0.4, 0.5) is 5.69 Å². The molecule has 1 aromatic carbocycles. The van der Waals surface area contributed by atoms with Crippen LogP contribution in [0, 0.1) is 0 Å². The van der Waals surface area contributed by atoms with E-state index in [0.29, 0.717) is 18.2 Å². The third kappa shape index (κ3) is 2.98. The first-order chi connectivity index (χ1) is 7.65. The van der Waals surface area contributed by atoms with Crippen molar-refractivity contribution in [1.82, 2.24) is 0 Å². The van der Waals surface area contributed by atoms with Gasteiger partial charge in [0.15, 0.2) is 0 Å². The summed E-state index contributed by atoms with van der Waals surface area (Å²) in [6.07, 6.45) is 2.85. The molecule has 3 heteroatoms. The molecule has 0 saturated carbocycles. The molecule has 1 aliphatic heterocycles. The molecule has 1 N–H and O–H groups in total. The Morgan fingerprint density at radius 2 is 1.81 bits per heavy atom. The second-order valence-corrected chi connectivity index (χ2v) is 5.40. The molecule has 2 rings (SSSR count). The van der Waals surface area contributed by atoms with Crippen LogP contribution >= 0.6 is 15.9 Å². The van der Waals surface area contributed by atoms with Crippen LogP contribution in [0.1, 0.15) is 26.7 Å². The first kappa shape index (κ1) is 11.9. The molecule has 0 radical (unpaired) electrons. The Balaban J connectivity index is 2.02. The monoisotopic (exact) mass is 283 g/mol. The summed E-state index contributed by atoms with van der Waals surface area (Å²) in [5.74, 6) is 0. The molecule has 0 bridgehead atoms. The maximum atomic E-state index is 5.73. The molecule has 88 valence electrons. The summed E-state index contributed by atoms with van der Waals surface area (Å²) in [5, 5.41) is 3.58. The van der Waals surface area contributed by atoms with Crippen molar-refractivity contribution in [3.63, 3.8) is 0 Å². The zero-order valence-corrected chi connectivity index (χ0v) is 11.3. The lowest BCUT2D eigenvalue weighted by Crippen LogP contribution is -2.36. The fraction of sp³-hybridized carbons (Fsp3) is 0.538. The van der Waals surface area contributed by atoms with Gasteiger partial charge in [0.05, 0.1) is 12.2 Å². The van der Waals surface area contributed by atoms with Gasteiger partial charge in [-0.3, -0.25) is 0 Å². The SMILES string of the molecule is CC1CC(Nc2ccccc2Br)CC(C)O1. The van der Waals surface area contributed by atoms with Crippen LogP contribution < -0.4 is 5.32 Å². The number of hydrogen-bond acceptors (Lipinski definition) is 2. The van der Waals surface area contributed by atoms with E-state index < -0.39 is 0 Å². The first-order valence-electron chi connectivity index (χ1n) is 5.81. The predicted molar refractivity (Wildman–Crippen MR) is 70.8 cm³/mol. The summed E-state index contributed by atoms with van der Waals surface area (Å²) in [6, 6.07) is 8.77. The Morgan fingerprint density at radius 3 is 2.44 bits per heavy atom. The summed E-state index contributed by atoms with van der Waals surface area (Å²) in [5.41, 5.74) is 1.17. The fourth-order valence-electron chi connectivity index (χ4n) is 2.32. The van der Waals surface area contributed by atoms with Crippen molar-refractivity contribution >= 4 is 21.6 Å². The number of ether oxygens (including phenoxy) is 1. The molecule has 1 aliphatic rings. The zero-order valence-electron chi connectivity index (χ0n) is 9.74. The average Bonchev–Trinajstić information content (AvgIpc) is 2.20. The van der Waals surface area contributed by atoms with E-state index in [1.165, 1.54) is 5.69 Å². The van der Waals surface area contributed by atoms with E-state index in [9.17, 15) is 0 Å². The minimum Gasteiger partial charge on any atom is -0.381 e. The lowest BCUT2D eigenvalue weighted by Gasteiger charge is -2.33. The standard InChI is InChI=1S/C13H18BrNO/c1-9-7-11(8-10(2)16-9)15-13-6-4-3-5-12(13)14/h3-6,9-11,15H,7-8H2,1-2H3. The van der Waals surface area contributed by atoms with Crippen LogP contribution in [0.2, 0.25) is 0 Å². The van der Waals surface area contributed by atoms with E-state index in [4.69, 9.17) is 4.74 Å². The van der Waals surface area contributed by atoms with Gasteiger partial charge in [-0.25, -0.2) is 0 Å². The Bertz CT molecular complexity index is 346. The van der Waals surface area contributed by atoms with Gasteiger partial charge in [0.1, 0.15) is 0 Å². The molecule has 16 heavy (non-hydrogen) atoms. The number of halogens is 1. The second kappa shape index (κ2) is 5.19. The molecule has 0 aliphatic carbocycles. The molecule has 1 heterocycles. The van der Waals surface area contributed by atoms with Gasteiger partial charge in [0, 0.05) is 16.2 Å². The highest BCUT2D eigenvalue weighted by Crippen LogP contribution is 2.26. The number of hydrogen-bond donors (Lipinski definition) is 1. The third-order valence-electron chi connectivity index (χ3n) is 2.93. The maximum absolute atomic E-state index is 5.73. The number of rotatable bonds is 2. The minimum absolute atomic E-state index is 0.351. The van der Waals surface area contributed by atoms with Gasteiger partial charge in [-0.15, -0.1) is 0 Å². The highest BCUT2D eigenvalue weighted by molar-refractivity contribution is 9.10. The third-order valence-corrected chi connectivity index (χ3v) is 3.62. The molecule has 1 saturated heterocycles. The van der Waals surface area contributed by atoms with Gasteiger partial charge in [-0.05, 0) is 54.8 Å². The summed E-state index contributed by atoms with van der Waals surface area (Å²) in [6.45, 7) is 4.29. The Kier molecular flexibility index (Phi) is 3.87. The van der Waals surface area contributed by atoms with Gasteiger partial charge in [0.2, 0.25) is 0 Å². The van der Waals surface area contributed by atoms with E-state index >= 15 is 0 Å². The van der Waals surface area contributed by atoms with Crippen molar-refractivity contribution in [2.45, 2.75) is 44.9 Å². The minimum atomic E-state index is 0.351. The van der Waals surface area contributed by atoms with Crippen molar-refractivity contribution in [3.05, 3.63) is 28.7 Å². The molecule has 0 spiro atoms. The van der Waals surface area contributed by atoms with E-state index in [-0.39, 0.29) is 0 Å². The van der Waals surface area contributed by atoms with Crippen molar-refractivity contribution in [2.24, 2.45) is 0 Å². The molecule has 0 amide bonds. The van der Waals surface area contributed by atoms with E-state index in [2.05, 4.69) is 53.3 Å². The lowest BCUT2D eigenvalue weighted by molar-refractivity contribution is -0.0337. The van der Waals surface area contributed by atoms with Crippen LogP contribution in [0.25, 0.3) is 0 Å². The topological polar surface area (TPSA) is 21.3 Å². The van der Waals surface area contributed by atoms with Gasteiger partial charge >= 0.3 is 0 Å². The number of anilines is 1. The quantitative estimate of drug-likeness (QED) is 0.891. The second-order valence-electron chi connectivity index (χ2n) is 4.55. The highest BCUT2D eigenvalue weighted by atomic mass is 79.9. The van der Waals surface area contributed by atoms with Crippen LogP contribution in [0.15, 0.2) is 28.7 Å². The van der Waals surface area contributed by atoms with Crippen molar-refractivity contribution in [2.75, 3.05) is 5.32 Å². The summed E-state index contributed by atoms with van der Waals surface area (Å²) < 4.78 is 6.86. The summed E-state index contributed by atoms with van der Waals surface area (Å²) in [4.78, 5) is 0. The number of benzene rings is 1. The maximum Gasteiger partial charge on any atom is 0.0570 e. The molecule has 0 aromatic heterocycles. The van der Waals surface area contributed by atoms with E-state index in [1.807, 2.05) is 6.07 Å². The normalized spacial score (nSPS) is 30.1. The smallest absolute Gasteiger partial charge is 0.0570 e. The van der Waals surface area contributed by atoms with Gasteiger partial charge in [-0.2, -0.15) is 0 Å². The van der Waals surface area contributed by atoms with Crippen LogP contribution in [-0.4, -0.2) is 18.2 Å². The Morgan fingerprint density at radius 1 is 1.19 bits per heavy atom. The molecule has 2 unspecified atom stereocenters. The largest absolute Gasteiger partial charge is 0.381 e. The van der Waals surface area contributed by atoms with Gasteiger partial charge in [0.25, 0.3) is 0 Å². The summed E-state index contributed by atoms with van der Waals surface area (Å²) in [7, 11) is 0. The molecular formula is C13H18BrNO. The van der Waals surface area contributed by atoms with Crippen LogP contribution in [0.3, 0.4) is 0 Å². The Hall–Kier alpha value is -0.540. The van der Waals surface area contributed by atoms with E-state index in [0.717, 1.165) is 17.3 Å². The zero-order chi connectivity index (χ0) is 11.5. The molecule has 1 aromatic rings. The molecule has 2 nitrogen and oxygen atoms in total. The van der Waals surface area contributed by atoms with Crippen LogP contribution in [0.5, 0.6) is 0 Å². The average molecular weight is 284 g/mol. The molecule has 1 fully saturated rings. The lowest BCUT2D eigenvalue weighted by atomic mass is 9.99. The van der Waals surface area contributed by atoms with Gasteiger partial charge in [-0.1, -0.05) is 12.1 Å². The molecule has 2 atom stereocenters. The first-order valence-corrected chi connectivity index (χ1v) is 6.61. The number of nitrogens with one attached hydrogen (secondary N) is 1. The van der Waals surface area contributed by atoms with Crippen molar-refractivity contribution in [1.29, 1.82) is 0 Å². The fourth-order valence-corrected chi connectivity index (χ4v) is 2.72. The van der Waals surface area contributed by atoms with Crippen molar-refractivity contribution in [3.8, 4) is 0 Å². The predicted octanol–water partition coefficient (Wildman–Crippen LogP) is 3.82. The molecular weight excluding hydrogens is 266 g/mol.